The molecule has 1 amide bonds. The van der Waals surface area contributed by atoms with Crippen molar-refractivity contribution >= 4 is 11.6 Å². The maximum absolute atomic E-state index is 11.8. The highest BCUT2D eigenvalue weighted by Gasteiger charge is 2.16. The van der Waals surface area contributed by atoms with E-state index in [9.17, 15) is 14.9 Å². The van der Waals surface area contributed by atoms with E-state index in [2.05, 4.69) is 10.6 Å². The van der Waals surface area contributed by atoms with Crippen LogP contribution in [0.5, 0.6) is 11.5 Å². The lowest BCUT2D eigenvalue weighted by atomic mass is 10.00. The molecule has 0 spiro atoms. The smallest absolute Gasteiger partial charge is 0.311 e. The maximum Gasteiger partial charge on any atom is 0.311 e. The van der Waals surface area contributed by atoms with Gasteiger partial charge in [-0.25, -0.2) is 0 Å². The number of benzene rings is 1. The Balaban J connectivity index is 1.80. The summed E-state index contributed by atoms with van der Waals surface area (Å²) in [6.45, 7) is 2.44. The molecular weight excluding hydrogens is 302 g/mol. The Morgan fingerprint density at radius 2 is 2.35 bits per heavy atom. The van der Waals surface area contributed by atoms with Gasteiger partial charge in [0.05, 0.1) is 12.0 Å². The molecule has 8 heteroatoms. The van der Waals surface area contributed by atoms with Crippen LogP contribution in [0.3, 0.4) is 0 Å². The van der Waals surface area contributed by atoms with E-state index in [0.29, 0.717) is 18.2 Å². The van der Waals surface area contributed by atoms with Crippen molar-refractivity contribution in [3.63, 3.8) is 0 Å². The lowest BCUT2D eigenvalue weighted by molar-refractivity contribution is -0.385. The number of nitrogens with zero attached hydrogens (tertiary/aromatic N) is 1. The van der Waals surface area contributed by atoms with Gasteiger partial charge in [0.25, 0.3) is 5.91 Å². The van der Waals surface area contributed by atoms with Gasteiger partial charge in [0.2, 0.25) is 5.75 Å². The van der Waals surface area contributed by atoms with Gasteiger partial charge in [-0.05, 0) is 37.9 Å². The summed E-state index contributed by atoms with van der Waals surface area (Å²) in [6.07, 6.45) is 2.23. The lowest BCUT2D eigenvalue weighted by Crippen LogP contribution is -2.39. The second kappa shape index (κ2) is 8.33. The predicted octanol–water partition coefficient (Wildman–Crippen LogP) is 1.10. The third-order valence-electron chi connectivity index (χ3n) is 3.70. The third kappa shape index (κ3) is 5.10. The highest BCUT2D eigenvalue weighted by atomic mass is 16.6. The Morgan fingerprint density at radius 3 is 3.00 bits per heavy atom. The molecule has 1 saturated heterocycles. The molecule has 0 aromatic heterocycles. The minimum Gasteiger partial charge on any atom is -0.490 e. The molecule has 1 aromatic carbocycles. The molecule has 1 atom stereocenters. The number of nitro benzene ring substituents is 1. The van der Waals surface area contributed by atoms with Crippen LogP contribution in [0.25, 0.3) is 0 Å². The van der Waals surface area contributed by atoms with Crippen LogP contribution in [0, 0.1) is 16.0 Å². The van der Waals surface area contributed by atoms with Gasteiger partial charge in [0.15, 0.2) is 6.61 Å². The topological polar surface area (TPSA) is 103 Å². The second-order valence-electron chi connectivity index (χ2n) is 5.40. The molecule has 8 nitrogen and oxygen atoms in total. The van der Waals surface area contributed by atoms with E-state index in [0.717, 1.165) is 25.9 Å². The van der Waals surface area contributed by atoms with Crippen LogP contribution in [0.1, 0.15) is 12.8 Å². The first-order valence-corrected chi connectivity index (χ1v) is 7.53. The Hall–Kier alpha value is -2.35. The fraction of sp³-hybridized carbons (Fsp3) is 0.533. The number of rotatable bonds is 7. The monoisotopic (exact) mass is 323 g/mol. The normalized spacial score (nSPS) is 17.3. The van der Waals surface area contributed by atoms with Crippen LogP contribution < -0.4 is 20.1 Å². The molecule has 0 radical (unpaired) electrons. The molecule has 1 aliphatic heterocycles. The van der Waals surface area contributed by atoms with E-state index < -0.39 is 4.92 Å². The van der Waals surface area contributed by atoms with Crippen molar-refractivity contribution in [2.75, 3.05) is 33.4 Å². The SMILES string of the molecule is COc1cc(OCC(=O)NCC2CCCNC2)ccc1[N+](=O)[O-]. The van der Waals surface area contributed by atoms with Gasteiger partial charge in [0.1, 0.15) is 5.75 Å². The number of methoxy groups -OCH3 is 1. The van der Waals surface area contributed by atoms with Gasteiger partial charge in [-0.3, -0.25) is 14.9 Å². The van der Waals surface area contributed by atoms with E-state index in [-0.39, 0.29) is 24.0 Å². The standard InChI is InChI=1S/C15H21N3O5/c1-22-14-7-12(4-5-13(14)18(20)21)23-10-15(19)17-9-11-3-2-6-16-8-11/h4-5,7,11,16H,2-3,6,8-10H2,1H3,(H,17,19). The van der Waals surface area contributed by atoms with E-state index >= 15 is 0 Å². The quantitative estimate of drug-likeness (QED) is 0.575. The number of nitro groups is 1. The zero-order chi connectivity index (χ0) is 16.7. The minimum atomic E-state index is -0.534. The molecule has 0 saturated carbocycles. The zero-order valence-electron chi connectivity index (χ0n) is 13.0. The second-order valence-corrected chi connectivity index (χ2v) is 5.40. The van der Waals surface area contributed by atoms with Gasteiger partial charge in [-0.2, -0.15) is 0 Å². The lowest BCUT2D eigenvalue weighted by Gasteiger charge is -2.22. The van der Waals surface area contributed by atoms with Crippen LogP contribution in [-0.4, -0.2) is 44.2 Å². The molecule has 1 aromatic rings. The van der Waals surface area contributed by atoms with Crippen molar-refractivity contribution in [3.05, 3.63) is 28.3 Å². The summed E-state index contributed by atoms with van der Waals surface area (Å²) in [7, 11) is 1.34. The summed E-state index contributed by atoms with van der Waals surface area (Å²) in [5, 5.41) is 16.9. The van der Waals surface area contributed by atoms with Crippen molar-refractivity contribution < 1.29 is 19.2 Å². The van der Waals surface area contributed by atoms with E-state index in [1.165, 1.54) is 25.3 Å². The largest absolute Gasteiger partial charge is 0.490 e. The first-order valence-electron chi connectivity index (χ1n) is 7.53. The number of carbonyl (C=O) groups excluding carboxylic acids is 1. The number of hydrogen-bond donors (Lipinski definition) is 2. The highest BCUT2D eigenvalue weighted by molar-refractivity contribution is 5.77. The summed E-state index contributed by atoms with van der Waals surface area (Å²) in [4.78, 5) is 22.1. The van der Waals surface area contributed by atoms with E-state index in [1.807, 2.05) is 0 Å². The molecule has 0 aliphatic carbocycles. The van der Waals surface area contributed by atoms with Crippen LogP contribution in [0.2, 0.25) is 0 Å². The summed E-state index contributed by atoms with van der Waals surface area (Å²) in [6, 6.07) is 4.13. The van der Waals surface area contributed by atoms with Gasteiger partial charge in [-0.1, -0.05) is 0 Å². The summed E-state index contributed by atoms with van der Waals surface area (Å²) < 4.78 is 10.3. The fourth-order valence-electron chi connectivity index (χ4n) is 2.45. The molecular formula is C15H21N3O5. The minimum absolute atomic E-state index is 0.0983. The number of amides is 1. The predicted molar refractivity (Wildman–Crippen MR) is 83.7 cm³/mol. The average molecular weight is 323 g/mol. The molecule has 2 N–H and O–H groups in total. The summed E-state index contributed by atoms with van der Waals surface area (Å²) in [5.74, 6) is 0.684. The fourth-order valence-corrected chi connectivity index (χ4v) is 2.45. The Bertz CT molecular complexity index is 558. The number of carbonyl (C=O) groups is 1. The van der Waals surface area contributed by atoms with Gasteiger partial charge in [-0.15, -0.1) is 0 Å². The molecule has 126 valence electrons. The van der Waals surface area contributed by atoms with Crippen molar-refractivity contribution in [2.45, 2.75) is 12.8 Å². The first kappa shape index (κ1) is 17.0. The Morgan fingerprint density at radius 1 is 1.52 bits per heavy atom. The molecule has 23 heavy (non-hydrogen) atoms. The van der Waals surface area contributed by atoms with Crippen molar-refractivity contribution in [2.24, 2.45) is 5.92 Å². The molecule has 2 rings (SSSR count). The van der Waals surface area contributed by atoms with E-state index in [1.54, 1.807) is 0 Å². The van der Waals surface area contributed by atoms with Crippen LogP contribution in [0.15, 0.2) is 18.2 Å². The summed E-state index contributed by atoms with van der Waals surface area (Å²) >= 11 is 0. The molecule has 1 fully saturated rings. The molecule has 1 aliphatic rings. The average Bonchev–Trinajstić information content (AvgIpc) is 2.58. The van der Waals surface area contributed by atoms with Crippen molar-refractivity contribution in [1.82, 2.24) is 10.6 Å². The van der Waals surface area contributed by atoms with Crippen LogP contribution in [-0.2, 0) is 4.79 Å². The molecule has 1 unspecified atom stereocenters. The Labute approximate surface area is 134 Å². The Kier molecular flexibility index (Phi) is 6.16. The van der Waals surface area contributed by atoms with Gasteiger partial charge in [0, 0.05) is 18.7 Å². The third-order valence-corrected chi connectivity index (χ3v) is 3.70. The molecule has 0 bridgehead atoms. The first-order chi connectivity index (χ1) is 11.1. The van der Waals surface area contributed by atoms with E-state index in [4.69, 9.17) is 9.47 Å². The zero-order valence-corrected chi connectivity index (χ0v) is 13.0. The number of ether oxygens (including phenoxy) is 2. The van der Waals surface area contributed by atoms with Gasteiger partial charge >= 0.3 is 5.69 Å². The van der Waals surface area contributed by atoms with Gasteiger partial charge < -0.3 is 20.1 Å². The maximum atomic E-state index is 11.8. The van der Waals surface area contributed by atoms with Crippen LogP contribution >= 0.6 is 0 Å². The van der Waals surface area contributed by atoms with Crippen LogP contribution in [0.4, 0.5) is 5.69 Å². The number of piperidine rings is 1. The molecule has 1 heterocycles. The highest BCUT2D eigenvalue weighted by Crippen LogP contribution is 2.30. The van der Waals surface area contributed by atoms with Crippen molar-refractivity contribution in [3.8, 4) is 11.5 Å². The van der Waals surface area contributed by atoms with Crippen molar-refractivity contribution in [1.29, 1.82) is 0 Å². The number of nitrogens with one attached hydrogen (secondary N) is 2. The summed E-state index contributed by atoms with van der Waals surface area (Å²) in [5.41, 5.74) is -0.144. The number of hydrogen-bond acceptors (Lipinski definition) is 6.